The molecule has 0 aliphatic heterocycles. The maximum atomic E-state index is 13.0. The third kappa shape index (κ3) is 9.11. The van der Waals surface area contributed by atoms with Crippen molar-refractivity contribution in [3.63, 3.8) is 0 Å². The first-order chi connectivity index (χ1) is 38.2. The number of fused-ring (bicyclic) bond motifs is 2. The fraction of sp³-hybridized carbons (Fsp3) is 0.238. The zero-order valence-corrected chi connectivity index (χ0v) is 44.2. The van der Waals surface area contributed by atoms with E-state index in [2.05, 4.69) is 74.0 Å². The highest BCUT2D eigenvalue weighted by Crippen LogP contribution is 2.44. The maximum absolute atomic E-state index is 13.0. The molecule has 3 aliphatic carbocycles. The summed E-state index contributed by atoms with van der Waals surface area (Å²) in [4.78, 5) is 55.9. The van der Waals surface area contributed by atoms with Gasteiger partial charge in [0.2, 0.25) is 11.8 Å². The largest absolute Gasteiger partial charge is 0.383 e. The van der Waals surface area contributed by atoms with Gasteiger partial charge in [-0.2, -0.15) is 0 Å². The van der Waals surface area contributed by atoms with Crippen LogP contribution in [0.2, 0.25) is 0 Å². The monoisotopic (exact) mass is 1040 g/mol. The van der Waals surface area contributed by atoms with Gasteiger partial charge in [-0.3, -0.25) is 18.7 Å². The molecular weight excluding hydrogens is 985 g/mol. The van der Waals surface area contributed by atoms with Gasteiger partial charge in [-0.1, -0.05) is 69.3 Å². The van der Waals surface area contributed by atoms with E-state index in [-0.39, 0.29) is 29.3 Å². The van der Waals surface area contributed by atoms with E-state index < -0.39 is 11.0 Å². The van der Waals surface area contributed by atoms with Crippen LogP contribution in [0.1, 0.15) is 76.8 Å². The molecule has 0 saturated heterocycles. The number of nitrogens with zero attached hydrogens (tertiary/aromatic N) is 8. The zero-order chi connectivity index (χ0) is 54.2. The molecule has 4 aromatic carbocycles. The Morgan fingerprint density at radius 2 is 1.15 bits per heavy atom. The lowest BCUT2D eigenvalue weighted by Gasteiger charge is -2.48. The molecule has 13 rings (SSSR count). The topological polar surface area (TPSA) is 235 Å². The first kappa shape index (κ1) is 49.5. The minimum absolute atomic E-state index is 0.0481. The molecule has 394 valence electrons. The van der Waals surface area contributed by atoms with Crippen molar-refractivity contribution in [1.82, 2.24) is 39.0 Å². The summed E-state index contributed by atoms with van der Waals surface area (Å²) < 4.78 is 4.10. The van der Waals surface area contributed by atoms with Crippen molar-refractivity contribution in [2.24, 2.45) is 22.8 Å². The number of aromatic nitrogens is 8. The van der Waals surface area contributed by atoms with E-state index >= 15 is 0 Å². The normalized spacial score (nSPS) is 17.7. The van der Waals surface area contributed by atoms with Gasteiger partial charge >= 0.3 is 0 Å². The number of nitrogens with two attached hydrogens (primary N) is 3. The Bertz CT molecular complexity index is 4020. The lowest BCUT2D eigenvalue weighted by molar-refractivity contribution is -0.123. The Morgan fingerprint density at radius 3 is 1.68 bits per heavy atom. The second kappa shape index (κ2) is 19.1. The quantitative estimate of drug-likeness (QED) is 0.0633. The summed E-state index contributed by atoms with van der Waals surface area (Å²) >= 11 is 0. The van der Waals surface area contributed by atoms with Crippen molar-refractivity contribution < 1.29 is 9.59 Å². The molecule has 3 saturated carbocycles. The summed E-state index contributed by atoms with van der Waals surface area (Å²) in [6.45, 7) is 5.68. The molecule has 6 heterocycles. The minimum atomic E-state index is -0.751. The molecule has 6 aromatic heterocycles. The Morgan fingerprint density at radius 1 is 0.595 bits per heavy atom. The summed E-state index contributed by atoms with van der Waals surface area (Å²) in [7, 11) is 0. The Labute approximate surface area is 457 Å². The van der Waals surface area contributed by atoms with E-state index in [9.17, 15) is 9.59 Å². The summed E-state index contributed by atoms with van der Waals surface area (Å²) in [5.74, 6) is 2.32. The number of hydrogen-bond acceptors (Lipinski definition) is 12. The fourth-order valence-electron chi connectivity index (χ4n) is 10.8. The molecule has 9 N–H and O–H groups in total. The number of imidazole rings is 2. The zero-order valence-electron chi connectivity index (χ0n) is 44.2. The molecule has 2 atom stereocenters. The van der Waals surface area contributed by atoms with E-state index in [1.165, 1.54) is 0 Å². The van der Waals surface area contributed by atoms with Crippen LogP contribution >= 0.6 is 0 Å². The third-order valence-corrected chi connectivity index (χ3v) is 16.0. The van der Waals surface area contributed by atoms with Gasteiger partial charge in [-0.25, -0.2) is 29.9 Å². The average molecular weight is 1050 g/mol. The van der Waals surface area contributed by atoms with Crippen LogP contribution in [-0.4, -0.2) is 56.9 Å². The summed E-state index contributed by atoms with van der Waals surface area (Å²) in [5.41, 5.74) is 31.7. The lowest BCUT2D eigenvalue weighted by atomic mass is 9.68. The number of carbonyl (C=O) groups is 2. The van der Waals surface area contributed by atoms with Crippen LogP contribution in [-0.2, 0) is 20.7 Å². The second-order valence-corrected chi connectivity index (χ2v) is 22.5. The highest BCUT2D eigenvalue weighted by molar-refractivity contribution is 5.96. The van der Waals surface area contributed by atoms with E-state index in [1.807, 2.05) is 122 Å². The number of anilines is 4. The molecule has 3 aliphatic rings. The molecule has 16 nitrogen and oxygen atoms in total. The Balaban J connectivity index is 0.836. The Kier molecular flexibility index (Phi) is 12.0. The van der Waals surface area contributed by atoms with E-state index in [0.29, 0.717) is 56.9 Å². The predicted molar refractivity (Wildman–Crippen MR) is 311 cm³/mol. The number of benzene rings is 4. The number of amides is 2. The SMILES string of the molecule is CC(C)(C)C(=O)Nc1cccc(-c2ccc3nc(-c4cccnc4NC4CCC4(N)c4ccc(-n5c(-c6cccnc6N)nc6ccc(-c7cccc(NC(=O)C8CC8)c7)nc65)cc4)n(-c4ccc(C5(N)CCC5)cc4)c3n2)c1. The van der Waals surface area contributed by atoms with E-state index in [1.54, 1.807) is 12.4 Å². The molecule has 0 bridgehead atoms. The molecule has 2 amide bonds. The van der Waals surface area contributed by atoms with Crippen LogP contribution in [0.3, 0.4) is 0 Å². The highest BCUT2D eigenvalue weighted by atomic mass is 16.2. The summed E-state index contributed by atoms with van der Waals surface area (Å²) in [5, 5.41) is 9.92. The number of pyridine rings is 4. The number of nitrogen functional groups attached to an aromatic ring is 1. The molecule has 0 radical (unpaired) electrons. The van der Waals surface area contributed by atoms with Crippen LogP contribution in [0, 0.1) is 11.3 Å². The van der Waals surface area contributed by atoms with Crippen molar-refractivity contribution in [1.29, 1.82) is 0 Å². The number of hydrogen-bond donors (Lipinski definition) is 6. The average Bonchev–Trinajstić information content (AvgIpc) is 4.39. The van der Waals surface area contributed by atoms with Crippen LogP contribution in [0.5, 0.6) is 0 Å². The number of carbonyl (C=O) groups excluding carboxylic acids is 2. The lowest BCUT2D eigenvalue weighted by Crippen LogP contribution is -2.59. The van der Waals surface area contributed by atoms with Crippen molar-refractivity contribution in [2.75, 3.05) is 21.7 Å². The van der Waals surface area contributed by atoms with Crippen molar-refractivity contribution in [3.05, 3.63) is 169 Å². The first-order valence-electron chi connectivity index (χ1n) is 27.0. The van der Waals surface area contributed by atoms with Gasteiger partial charge in [0.1, 0.15) is 22.7 Å². The first-order valence-corrected chi connectivity index (χ1v) is 27.0. The van der Waals surface area contributed by atoms with Crippen LogP contribution in [0.4, 0.5) is 23.0 Å². The predicted octanol–water partition coefficient (Wildman–Crippen LogP) is 11.3. The smallest absolute Gasteiger partial charge is 0.229 e. The van der Waals surface area contributed by atoms with Gasteiger partial charge in [0.25, 0.3) is 0 Å². The standard InChI is InChI=1S/C63H60N14O2/c1-61(2,3)60(79)70-43-12-5-10-39(36-43)49-26-28-51-58(72-49)77(44-21-17-40(18-22-44)62(65)30-8-31-62)56(74-51)47-14-7-34-68-54(47)75-52-29-32-63(52,66)41-19-23-45(24-20-41)76-55(46-13-6-33-67-53(46)64)73-50-27-25-48(71-57(50)76)38-9-4-11-42(35-38)69-59(78)37-15-16-37/h4-7,9-14,17-28,33-37,52H,8,15-16,29-32,65-66H2,1-3H3,(H2,64,67)(H,68,75)(H,69,78)(H,70,79). The van der Waals surface area contributed by atoms with Gasteiger partial charge in [-0.15, -0.1) is 0 Å². The van der Waals surface area contributed by atoms with Gasteiger partial charge < -0.3 is 33.2 Å². The second-order valence-electron chi connectivity index (χ2n) is 22.5. The Hall–Kier alpha value is -9.12. The summed E-state index contributed by atoms with van der Waals surface area (Å²) in [6.07, 6.45) is 9.86. The van der Waals surface area contributed by atoms with Crippen LogP contribution < -0.4 is 33.2 Å². The fourth-order valence-corrected chi connectivity index (χ4v) is 10.8. The highest BCUT2D eigenvalue weighted by Gasteiger charge is 2.45. The molecule has 10 aromatic rings. The van der Waals surface area contributed by atoms with Crippen molar-refractivity contribution in [3.8, 4) is 56.7 Å². The van der Waals surface area contributed by atoms with Crippen LogP contribution in [0.25, 0.3) is 79.0 Å². The number of nitrogens with one attached hydrogen (secondary N) is 3. The molecule has 2 unspecified atom stereocenters. The maximum Gasteiger partial charge on any atom is 0.229 e. The van der Waals surface area contributed by atoms with Crippen molar-refractivity contribution in [2.45, 2.75) is 82.8 Å². The molecule has 0 spiro atoms. The van der Waals surface area contributed by atoms with Crippen LogP contribution in [0.15, 0.2) is 158 Å². The van der Waals surface area contributed by atoms with Gasteiger partial charge in [0.15, 0.2) is 22.9 Å². The summed E-state index contributed by atoms with van der Waals surface area (Å²) in [6, 6.07) is 47.6. The molecule has 79 heavy (non-hydrogen) atoms. The van der Waals surface area contributed by atoms with Gasteiger partial charge in [0.05, 0.1) is 28.1 Å². The molecule has 16 heteroatoms. The minimum Gasteiger partial charge on any atom is -0.383 e. The van der Waals surface area contributed by atoms with E-state index in [4.69, 9.17) is 42.1 Å². The van der Waals surface area contributed by atoms with Crippen molar-refractivity contribution >= 4 is 57.2 Å². The molecule has 3 fully saturated rings. The number of rotatable bonds is 13. The van der Waals surface area contributed by atoms with E-state index in [0.717, 1.165) is 101 Å². The third-order valence-electron chi connectivity index (χ3n) is 16.0. The molecular formula is C63H60N14O2. The van der Waals surface area contributed by atoms with Gasteiger partial charge in [0, 0.05) is 69.2 Å². The van der Waals surface area contributed by atoms with Gasteiger partial charge in [-0.05, 0) is 153 Å².